The zero-order valence-corrected chi connectivity index (χ0v) is 10.8. The van der Waals surface area contributed by atoms with Gasteiger partial charge in [-0.05, 0) is 27.2 Å². The normalized spacial score (nSPS) is 26.9. The Morgan fingerprint density at radius 3 is 2.71 bits per heavy atom. The molecule has 1 unspecified atom stereocenters. The average Bonchev–Trinajstić information content (AvgIpc) is 2.65. The second-order valence-electron chi connectivity index (χ2n) is 5.63. The van der Waals surface area contributed by atoms with Crippen LogP contribution in [0.4, 0.5) is 0 Å². The summed E-state index contributed by atoms with van der Waals surface area (Å²) in [5, 5.41) is 21.5. The molecule has 0 radical (unpaired) electrons. The van der Waals surface area contributed by atoms with Crippen LogP contribution in [0.5, 0.6) is 0 Å². The highest BCUT2D eigenvalue weighted by atomic mass is 16.6. The third-order valence-electron chi connectivity index (χ3n) is 2.96. The number of aliphatic hydroxyl groups excluding tert-OH is 2. The van der Waals surface area contributed by atoms with Crippen LogP contribution in [0.3, 0.4) is 0 Å². The van der Waals surface area contributed by atoms with Crippen molar-refractivity contribution in [3.05, 3.63) is 0 Å². The van der Waals surface area contributed by atoms with E-state index in [9.17, 15) is 9.90 Å². The van der Waals surface area contributed by atoms with Crippen LogP contribution in [0.15, 0.2) is 0 Å². The lowest BCUT2D eigenvalue weighted by Gasteiger charge is -2.21. The Balaban J connectivity index is 2.38. The topological polar surface area (TPSA) is 78.8 Å². The van der Waals surface area contributed by atoms with E-state index in [1.54, 1.807) is 0 Å². The largest absolute Gasteiger partial charge is 0.446 e. The Bertz CT molecular complexity index is 262. The van der Waals surface area contributed by atoms with Crippen molar-refractivity contribution in [2.45, 2.75) is 45.9 Å². The number of carbonyl (C=O) groups excluding carboxylic acids is 1. The number of rotatable bonds is 4. The maximum absolute atomic E-state index is 11.7. The molecule has 3 atom stereocenters. The summed E-state index contributed by atoms with van der Waals surface area (Å²) in [4.78, 5) is 11.7. The molecule has 5 nitrogen and oxygen atoms in total. The lowest BCUT2D eigenvalue weighted by molar-refractivity contribution is -0.159. The molecular formula is C12H23NO4. The van der Waals surface area contributed by atoms with E-state index in [4.69, 9.17) is 9.84 Å². The molecule has 1 rings (SSSR count). The van der Waals surface area contributed by atoms with Crippen molar-refractivity contribution in [3.63, 3.8) is 0 Å². The van der Waals surface area contributed by atoms with Gasteiger partial charge in [0, 0.05) is 25.5 Å². The Morgan fingerprint density at radius 2 is 2.18 bits per heavy atom. The number of nitrogens with one attached hydrogen (secondary N) is 1. The summed E-state index contributed by atoms with van der Waals surface area (Å²) < 4.78 is 5.31. The Morgan fingerprint density at radius 1 is 1.53 bits per heavy atom. The standard InChI is InChI=1S/C12H23NO4/c1-12(2,3)11(16)17-10-6-8(7-13-10)9(15)4-5-14/h8-10,13-15H,4-7H2,1-3H3/t8-,9-,10?/m0/s1. The number of hydrogen-bond acceptors (Lipinski definition) is 5. The first-order valence-corrected chi connectivity index (χ1v) is 6.08. The van der Waals surface area contributed by atoms with Gasteiger partial charge >= 0.3 is 5.97 Å². The first-order chi connectivity index (χ1) is 7.84. The van der Waals surface area contributed by atoms with Crippen LogP contribution in [0.25, 0.3) is 0 Å². The summed E-state index contributed by atoms with van der Waals surface area (Å²) in [5.41, 5.74) is -0.510. The monoisotopic (exact) mass is 245 g/mol. The molecule has 1 heterocycles. The van der Waals surface area contributed by atoms with E-state index in [1.165, 1.54) is 0 Å². The minimum atomic E-state index is -0.536. The highest BCUT2D eigenvalue weighted by Crippen LogP contribution is 2.23. The fraction of sp³-hybridized carbons (Fsp3) is 0.917. The summed E-state index contributed by atoms with van der Waals surface area (Å²) in [6.45, 7) is 6.01. The number of esters is 1. The number of carbonyl (C=O) groups is 1. The molecule has 5 heteroatoms. The van der Waals surface area contributed by atoms with E-state index in [0.717, 1.165) is 0 Å². The van der Waals surface area contributed by atoms with Crippen molar-refractivity contribution in [3.8, 4) is 0 Å². The molecule has 0 saturated carbocycles. The first-order valence-electron chi connectivity index (χ1n) is 6.08. The van der Waals surface area contributed by atoms with E-state index in [1.807, 2.05) is 20.8 Å². The van der Waals surface area contributed by atoms with Gasteiger partial charge in [0.15, 0.2) is 6.23 Å². The van der Waals surface area contributed by atoms with Crippen LogP contribution in [0.1, 0.15) is 33.6 Å². The Kier molecular flexibility index (Phi) is 4.91. The molecule has 1 aliphatic rings. The molecule has 1 fully saturated rings. The molecule has 0 aromatic rings. The lowest BCUT2D eigenvalue weighted by atomic mass is 9.97. The maximum Gasteiger partial charge on any atom is 0.312 e. The zero-order valence-electron chi connectivity index (χ0n) is 10.8. The predicted octanol–water partition coefficient (Wildman–Crippen LogP) is 0.255. The summed E-state index contributed by atoms with van der Waals surface area (Å²) in [6.07, 6.45) is 0.112. The van der Waals surface area contributed by atoms with Crippen molar-refractivity contribution >= 4 is 5.97 Å². The highest BCUT2D eigenvalue weighted by molar-refractivity contribution is 5.75. The molecule has 0 aliphatic carbocycles. The van der Waals surface area contributed by atoms with Gasteiger partial charge in [0.05, 0.1) is 11.5 Å². The second kappa shape index (κ2) is 5.80. The maximum atomic E-state index is 11.7. The number of ether oxygens (including phenoxy) is 1. The molecule has 100 valence electrons. The minimum Gasteiger partial charge on any atom is -0.446 e. The molecule has 0 bridgehead atoms. The quantitative estimate of drug-likeness (QED) is 0.619. The van der Waals surface area contributed by atoms with Crippen molar-refractivity contribution in [1.82, 2.24) is 5.32 Å². The van der Waals surface area contributed by atoms with Gasteiger partial charge in [-0.3, -0.25) is 10.1 Å². The fourth-order valence-corrected chi connectivity index (χ4v) is 1.78. The third kappa shape index (κ3) is 4.26. The minimum absolute atomic E-state index is 0.0237. The van der Waals surface area contributed by atoms with Gasteiger partial charge in [-0.15, -0.1) is 0 Å². The molecule has 0 spiro atoms. The molecule has 0 aromatic heterocycles. The van der Waals surface area contributed by atoms with Crippen LogP contribution >= 0.6 is 0 Å². The van der Waals surface area contributed by atoms with E-state index < -0.39 is 11.5 Å². The smallest absolute Gasteiger partial charge is 0.312 e. The van der Waals surface area contributed by atoms with Gasteiger partial charge in [-0.1, -0.05) is 0 Å². The molecule has 3 N–H and O–H groups in total. The van der Waals surface area contributed by atoms with E-state index in [2.05, 4.69) is 5.32 Å². The summed E-state index contributed by atoms with van der Waals surface area (Å²) in [6, 6.07) is 0. The third-order valence-corrected chi connectivity index (χ3v) is 2.96. The van der Waals surface area contributed by atoms with Crippen LogP contribution in [0.2, 0.25) is 0 Å². The van der Waals surface area contributed by atoms with Gasteiger partial charge < -0.3 is 14.9 Å². The molecule has 0 amide bonds. The highest BCUT2D eigenvalue weighted by Gasteiger charge is 2.33. The average molecular weight is 245 g/mol. The molecule has 1 aliphatic heterocycles. The summed E-state index contributed by atoms with van der Waals surface area (Å²) in [5.74, 6) is -0.202. The summed E-state index contributed by atoms with van der Waals surface area (Å²) in [7, 11) is 0. The van der Waals surface area contributed by atoms with Crippen LogP contribution in [0, 0.1) is 11.3 Å². The predicted molar refractivity (Wildman–Crippen MR) is 63.2 cm³/mol. The Labute approximate surface area is 102 Å². The zero-order chi connectivity index (χ0) is 13.1. The summed E-state index contributed by atoms with van der Waals surface area (Å²) >= 11 is 0. The van der Waals surface area contributed by atoms with E-state index in [0.29, 0.717) is 19.4 Å². The van der Waals surface area contributed by atoms with Crippen molar-refractivity contribution in [2.75, 3.05) is 13.2 Å². The Hall–Kier alpha value is -0.650. The number of aliphatic hydroxyl groups is 2. The molecule has 0 aromatic carbocycles. The van der Waals surface area contributed by atoms with Crippen molar-refractivity contribution in [1.29, 1.82) is 0 Å². The number of hydrogen-bond donors (Lipinski definition) is 3. The van der Waals surface area contributed by atoms with Gasteiger partial charge in [0.1, 0.15) is 0 Å². The van der Waals surface area contributed by atoms with Crippen LogP contribution in [-0.4, -0.2) is 41.7 Å². The van der Waals surface area contributed by atoms with Gasteiger partial charge in [-0.25, -0.2) is 0 Å². The van der Waals surface area contributed by atoms with Crippen LogP contribution < -0.4 is 5.32 Å². The van der Waals surface area contributed by atoms with Gasteiger partial charge in [0.2, 0.25) is 0 Å². The van der Waals surface area contributed by atoms with Crippen LogP contribution in [-0.2, 0) is 9.53 Å². The first kappa shape index (κ1) is 14.4. The van der Waals surface area contributed by atoms with Gasteiger partial charge in [0.25, 0.3) is 0 Å². The van der Waals surface area contributed by atoms with Crippen molar-refractivity contribution < 1.29 is 19.7 Å². The van der Waals surface area contributed by atoms with E-state index >= 15 is 0 Å². The molecule has 17 heavy (non-hydrogen) atoms. The SMILES string of the molecule is CC(C)(C)C(=O)OC1C[C@H]([C@@H](O)CCO)CN1. The van der Waals surface area contributed by atoms with Crippen molar-refractivity contribution in [2.24, 2.45) is 11.3 Å². The fourth-order valence-electron chi connectivity index (χ4n) is 1.78. The molecule has 1 saturated heterocycles. The second-order valence-corrected chi connectivity index (χ2v) is 5.63. The lowest BCUT2D eigenvalue weighted by Crippen LogP contribution is -2.33. The van der Waals surface area contributed by atoms with Gasteiger partial charge in [-0.2, -0.15) is 0 Å². The molecular weight excluding hydrogens is 222 g/mol. The van der Waals surface area contributed by atoms with E-state index in [-0.39, 0.29) is 24.7 Å².